The highest BCUT2D eigenvalue weighted by Crippen LogP contribution is 2.19. The van der Waals surface area contributed by atoms with Gasteiger partial charge in [-0.1, -0.05) is 0 Å². The van der Waals surface area contributed by atoms with E-state index in [1.165, 1.54) is 6.42 Å². The van der Waals surface area contributed by atoms with E-state index in [4.69, 9.17) is 0 Å². The van der Waals surface area contributed by atoms with Crippen LogP contribution in [0.25, 0.3) is 0 Å². The number of halogens is 3. The van der Waals surface area contributed by atoms with E-state index < -0.39 is 17.5 Å². The summed E-state index contributed by atoms with van der Waals surface area (Å²) in [5, 5.41) is 3.37. The first kappa shape index (κ1) is 16.3. The lowest BCUT2D eigenvalue weighted by molar-refractivity contribution is 0.163. The molecule has 0 amide bonds. The third-order valence-corrected chi connectivity index (χ3v) is 4.05. The topological polar surface area (TPSA) is 15.3 Å². The number of piperidine rings is 1. The molecule has 1 atom stereocenters. The molecule has 1 N–H and O–H groups in total. The fourth-order valence-electron chi connectivity index (χ4n) is 2.80. The summed E-state index contributed by atoms with van der Waals surface area (Å²) in [6, 6.07) is 2.45. The number of nitrogens with one attached hydrogen (secondary N) is 1. The van der Waals surface area contributed by atoms with Crippen LogP contribution in [0.15, 0.2) is 12.1 Å². The molecule has 0 radical (unpaired) electrons. The minimum Gasteiger partial charge on any atom is -0.316 e. The standard InChI is InChI=1S/C16H23F3N2/c1-11(2)21(9-12-4-3-5-20-8-12)10-13-6-14(17)16(19)15(18)7-13/h6-7,11-12,20H,3-5,8-10H2,1-2H3. The van der Waals surface area contributed by atoms with Gasteiger partial charge in [-0.05, 0) is 63.4 Å². The van der Waals surface area contributed by atoms with Crippen molar-refractivity contribution in [2.75, 3.05) is 19.6 Å². The molecule has 1 heterocycles. The van der Waals surface area contributed by atoms with Crippen LogP contribution in [0.2, 0.25) is 0 Å². The van der Waals surface area contributed by atoms with E-state index in [1.807, 2.05) is 0 Å². The Labute approximate surface area is 124 Å². The van der Waals surface area contributed by atoms with E-state index in [9.17, 15) is 13.2 Å². The van der Waals surface area contributed by atoms with E-state index in [-0.39, 0.29) is 6.04 Å². The molecule has 1 unspecified atom stereocenters. The van der Waals surface area contributed by atoms with Crippen molar-refractivity contribution >= 4 is 0 Å². The molecule has 5 heteroatoms. The molecule has 2 rings (SSSR count). The smallest absolute Gasteiger partial charge is 0.194 e. The van der Waals surface area contributed by atoms with Crippen molar-refractivity contribution in [3.63, 3.8) is 0 Å². The van der Waals surface area contributed by atoms with Crippen LogP contribution in [0.4, 0.5) is 13.2 Å². The summed E-state index contributed by atoms with van der Waals surface area (Å²) in [5.41, 5.74) is 0.476. The first-order chi connectivity index (χ1) is 9.97. The number of benzene rings is 1. The Morgan fingerprint density at radius 2 is 1.90 bits per heavy atom. The molecule has 0 saturated carbocycles. The predicted octanol–water partition coefficient (Wildman–Crippen LogP) is 3.31. The number of nitrogens with zero attached hydrogens (tertiary/aromatic N) is 1. The summed E-state index contributed by atoms with van der Waals surface area (Å²) in [7, 11) is 0. The molecule has 1 aliphatic rings. The molecule has 1 fully saturated rings. The molecule has 118 valence electrons. The lowest BCUT2D eigenvalue weighted by Crippen LogP contribution is -2.40. The summed E-state index contributed by atoms with van der Waals surface area (Å²) in [4.78, 5) is 2.18. The Kier molecular flexibility index (Phi) is 5.65. The maximum atomic E-state index is 13.3. The monoisotopic (exact) mass is 300 g/mol. The summed E-state index contributed by atoms with van der Waals surface area (Å²) in [5.74, 6) is -3.08. The Balaban J connectivity index is 2.05. The highest BCUT2D eigenvalue weighted by atomic mass is 19.2. The van der Waals surface area contributed by atoms with Gasteiger partial charge in [0.15, 0.2) is 17.5 Å². The highest BCUT2D eigenvalue weighted by molar-refractivity contribution is 5.19. The molecule has 21 heavy (non-hydrogen) atoms. The molecule has 1 saturated heterocycles. The second kappa shape index (κ2) is 7.27. The van der Waals surface area contributed by atoms with Crippen LogP contribution in [-0.4, -0.2) is 30.6 Å². The molecule has 0 aliphatic carbocycles. The second-order valence-corrected chi connectivity index (χ2v) is 6.11. The molecule has 0 spiro atoms. The van der Waals surface area contributed by atoms with Crippen molar-refractivity contribution in [3.8, 4) is 0 Å². The zero-order valence-electron chi connectivity index (χ0n) is 12.6. The van der Waals surface area contributed by atoms with E-state index >= 15 is 0 Å². The van der Waals surface area contributed by atoms with Gasteiger partial charge >= 0.3 is 0 Å². The van der Waals surface area contributed by atoms with Crippen molar-refractivity contribution in [2.45, 2.75) is 39.3 Å². The van der Waals surface area contributed by atoms with Gasteiger partial charge in [0, 0.05) is 19.1 Å². The quantitative estimate of drug-likeness (QED) is 0.839. The van der Waals surface area contributed by atoms with Crippen molar-refractivity contribution in [1.29, 1.82) is 0 Å². The maximum absolute atomic E-state index is 13.3. The van der Waals surface area contributed by atoms with Gasteiger partial charge in [0.25, 0.3) is 0 Å². The lowest BCUT2D eigenvalue weighted by atomic mass is 9.98. The van der Waals surface area contributed by atoms with Crippen molar-refractivity contribution in [3.05, 3.63) is 35.1 Å². The van der Waals surface area contributed by atoms with Crippen molar-refractivity contribution in [2.24, 2.45) is 5.92 Å². The normalized spacial score (nSPS) is 19.5. The van der Waals surface area contributed by atoms with Gasteiger partial charge in [0.1, 0.15) is 0 Å². The second-order valence-electron chi connectivity index (χ2n) is 6.11. The average molecular weight is 300 g/mol. The molecule has 2 nitrogen and oxygen atoms in total. The van der Waals surface area contributed by atoms with Crippen LogP contribution in [0, 0.1) is 23.4 Å². The van der Waals surface area contributed by atoms with Gasteiger partial charge in [-0.15, -0.1) is 0 Å². The summed E-state index contributed by atoms with van der Waals surface area (Å²) in [6.45, 7) is 7.48. The summed E-state index contributed by atoms with van der Waals surface area (Å²) >= 11 is 0. The van der Waals surface area contributed by atoms with E-state index in [1.54, 1.807) is 0 Å². The van der Waals surface area contributed by atoms with Gasteiger partial charge < -0.3 is 5.32 Å². The first-order valence-corrected chi connectivity index (χ1v) is 7.55. The van der Waals surface area contributed by atoms with Crippen LogP contribution in [0.3, 0.4) is 0 Å². The van der Waals surface area contributed by atoms with E-state index in [2.05, 4.69) is 24.1 Å². The van der Waals surface area contributed by atoms with Gasteiger partial charge in [-0.2, -0.15) is 0 Å². The minimum absolute atomic E-state index is 0.267. The van der Waals surface area contributed by atoms with E-state index in [0.29, 0.717) is 18.0 Å². The number of rotatable bonds is 5. The average Bonchev–Trinajstić information content (AvgIpc) is 2.45. The van der Waals surface area contributed by atoms with Crippen LogP contribution >= 0.6 is 0 Å². The van der Waals surface area contributed by atoms with Crippen LogP contribution in [0.5, 0.6) is 0 Å². The lowest BCUT2D eigenvalue weighted by Gasteiger charge is -2.32. The van der Waals surface area contributed by atoms with Crippen molar-refractivity contribution in [1.82, 2.24) is 10.2 Å². The Hall–Kier alpha value is -1.07. The van der Waals surface area contributed by atoms with Crippen LogP contribution in [0.1, 0.15) is 32.3 Å². The molecule has 0 aromatic heterocycles. The van der Waals surface area contributed by atoms with Gasteiger partial charge in [-0.3, -0.25) is 4.90 Å². The molecular weight excluding hydrogens is 277 g/mol. The SMILES string of the molecule is CC(C)N(Cc1cc(F)c(F)c(F)c1)CC1CCCNC1. The molecule has 1 aromatic carbocycles. The Bertz CT molecular complexity index is 448. The molecule has 1 aromatic rings. The maximum Gasteiger partial charge on any atom is 0.194 e. The van der Waals surface area contributed by atoms with Crippen LogP contribution in [-0.2, 0) is 6.54 Å². The third kappa shape index (κ3) is 4.45. The number of hydrogen-bond donors (Lipinski definition) is 1. The fraction of sp³-hybridized carbons (Fsp3) is 0.625. The molecule has 1 aliphatic heterocycles. The van der Waals surface area contributed by atoms with E-state index in [0.717, 1.165) is 38.2 Å². The van der Waals surface area contributed by atoms with Gasteiger partial charge in [-0.25, -0.2) is 13.2 Å². The largest absolute Gasteiger partial charge is 0.316 e. The Morgan fingerprint density at radius 3 is 2.43 bits per heavy atom. The number of hydrogen-bond acceptors (Lipinski definition) is 2. The minimum atomic E-state index is -1.40. The highest BCUT2D eigenvalue weighted by Gasteiger charge is 2.20. The zero-order chi connectivity index (χ0) is 15.4. The molecular formula is C16H23F3N2. The first-order valence-electron chi connectivity index (χ1n) is 7.55. The molecule has 0 bridgehead atoms. The summed E-state index contributed by atoms with van der Waals surface area (Å²) < 4.78 is 39.6. The van der Waals surface area contributed by atoms with Gasteiger partial charge in [0.05, 0.1) is 0 Å². The van der Waals surface area contributed by atoms with Crippen molar-refractivity contribution < 1.29 is 13.2 Å². The fourth-order valence-corrected chi connectivity index (χ4v) is 2.80. The van der Waals surface area contributed by atoms with Gasteiger partial charge in [0.2, 0.25) is 0 Å². The van der Waals surface area contributed by atoms with Crippen LogP contribution < -0.4 is 5.32 Å². The summed E-state index contributed by atoms with van der Waals surface area (Å²) in [6.07, 6.45) is 2.33. The zero-order valence-corrected chi connectivity index (χ0v) is 12.6. The Morgan fingerprint density at radius 1 is 1.24 bits per heavy atom. The predicted molar refractivity (Wildman–Crippen MR) is 77.5 cm³/mol. The third-order valence-electron chi connectivity index (χ3n) is 4.05.